The highest BCUT2D eigenvalue weighted by atomic mass is 19.1. The van der Waals surface area contributed by atoms with E-state index < -0.39 is 5.60 Å². The van der Waals surface area contributed by atoms with Gasteiger partial charge in [0.05, 0.1) is 12.9 Å². The van der Waals surface area contributed by atoms with E-state index in [1.807, 2.05) is 6.07 Å². The Hall–Kier alpha value is -2.79. The fourth-order valence-electron chi connectivity index (χ4n) is 2.33. The van der Waals surface area contributed by atoms with E-state index in [0.29, 0.717) is 12.1 Å². The number of pyridine rings is 1. The molecule has 0 aliphatic heterocycles. The zero-order chi connectivity index (χ0) is 16.1. The van der Waals surface area contributed by atoms with Gasteiger partial charge < -0.3 is 9.67 Å². The van der Waals surface area contributed by atoms with Gasteiger partial charge in [-0.25, -0.2) is 9.37 Å². The smallest absolute Gasteiger partial charge is 0.127 e. The number of aliphatic hydroxyl groups is 1. The Bertz CT molecular complexity index is 770. The molecule has 1 N–H and O–H groups in total. The lowest BCUT2D eigenvalue weighted by atomic mass is 9.93. The van der Waals surface area contributed by atoms with Crippen LogP contribution in [0.3, 0.4) is 0 Å². The van der Waals surface area contributed by atoms with Gasteiger partial charge in [0.25, 0.3) is 0 Å². The van der Waals surface area contributed by atoms with Crippen molar-refractivity contribution >= 4 is 6.08 Å². The van der Waals surface area contributed by atoms with E-state index in [4.69, 9.17) is 0 Å². The molecule has 116 valence electrons. The number of aromatic nitrogens is 3. The quantitative estimate of drug-likeness (QED) is 0.788. The zero-order valence-electron chi connectivity index (χ0n) is 12.4. The lowest BCUT2D eigenvalue weighted by Crippen LogP contribution is -2.28. The number of hydrogen-bond donors (Lipinski definition) is 1. The second-order valence-electron chi connectivity index (χ2n) is 5.29. The second-order valence-corrected chi connectivity index (χ2v) is 5.29. The molecular formula is C18H16FN3O. The van der Waals surface area contributed by atoms with Crippen molar-refractivity contribution in [2.75, 3.05) is 0 Å². The third-order valence-electron chi connectivity index (χ3n) is 3.57. The summed E-state index contributed by atoms with van der Waals surface area (Å²) in [6.45, 7) is 0.302. The number of imidazole rings is 1. The summed E-state index contributed by atoms with van der Waals surface area (Å²) in [4.78, 5) is 8.08. The lowest BCUT2D eigenvalue weighted by Gasteiger charge is -2.25. The Balaban J connectivity index is 1.93. The van der Waals surface area contributed by atoms with Crippen LogP contribution in [0, 0.1) is 5.82 Å². The molecule has 3 rings (SSSR count). The van der Waals surface area contributed by atoms with E-state index in [0.717, 1.165) is 5.56 Å². The van der Waals surface area contributed by atoms with Gasteiger partial charge in [0, 0.05) is 30.4 Å². The molecule has 0 saturated heterocycles. The van der Waals surface area contributed by atoms with E-state index >= 15 is 0 Å². The summed E-state index contributed by atoms with van der Waals surface area (Å²) in [6, 6.07) is 9.69. The van der Waals surface area contributed by atoms with Crippen molar-refractivity contribution in [2.24, 2.45) is 0 Å². The average Bonchev–Trinajstić information content (AvgIpc) is 3.08. The topological polar surface area (TPSA) is 50.9 Å². The van der Waals surface area contributed by atoms with Gasteiger partial charge in [0.1, 0.15) is 11.4 Å². The van der Waals surface area contributed by atoms with Crippen LogP contribution in [-0.4, -0.2) is 19.6 Å². The lowest BCUT2D eigenvalue weighted by molar-refractivity contribution is 0.0701. The zero-order valence-corrected chi connectivity index (χ0v) is 12.4. The van der Waals surface area contributed by atoms with Crippen LogP contribution in [0.5, 0.6) is 0 Å². The van der Waals surface area contributed by atoms with Crippen LogP contribution in [0.1, 0.15) is 11.1 Å². The van der Waals surface area contributed by atoms with E-state index in [1.54, 1.807) is 66.0 Å². The van der Waals surface area contributed by atoms with Crippen molar-refractivity contribution in [3.63, 3.8) is 0 Å². The monoisotopic (exact) mass is 309 g/mol. The Kier molecular flexibility index (Phi) is 4.30. The van der Waals surface area contributed by atoms with Gasteiger partial charge in [-0.3, -0.25) is 4.98 Å². The molecular weight excluding hydrogens is 293 g/mol. The molecule has 0 saturated carbocycles. The van der Waals surface area contributed by atoms with Crippen LogP contribution in [0.15, 0.2) is 73.6 Å². The fraction of sp³-hybridized carbons (Fsp3) is 0.111. The first kappa shape index (κ1) is 15.1. The normalized spacial score (nSPS) is 14.0. The highest BCUT2D eigenvalue weighted by Gasteiger charge is 2.27. The van der Waals surface area contributed by atoms with E-state index in [2.05, 4.69) is 9.97 Å². The first-order valence-corrected chi connectivity index (χ1v) is 7.19. The maximum atomic E-state index is 13.0. The average molecular weight is 309 g/mol. The Labute approximate surface area is 133 Å². The fourth-order valence-corrected chi connectivity index (χ4v) is 2.33. The third kappa shape index (κ3) is 3.70. The SMILES string of the molecule is OC(C=Cc1ccc(F)cc1)(Cn1ccnc1)c1cccnc1. The molecule has 0 aliphatic carbocycles. The third-order valence-corrected chi connectivity index (χ3v) is 3.57. The summed E-state index contributed by atoms with van der Waals surface area (Å²) in [5.41, 5.74) is 0.231. The minimum atomic E-state index is -1.25. The first-order chi connectivity index (χ1) is 11.2. The van der Waals surface area contributed by atoms with Crippen molar-refractivity contribution in [1.29, 1.82) is 0 Å². The minimum absolute atomic E-state index is 0.289. The molecule has 0 bridgehead atoms. The summed E-state index contributed by atoms with van der Waals surface area (Å²) >= 11 is 0. The molecule has 5 heteroatoms. The predicted octanol–water partition coefficient (Wildman–Crippen LogP) is 3.02. The molecule has 1 atom stereocenters. The highest BCUT2D eigenvalue weighted by Crippen LogP contribution is 2.25. The maximum Gasteiger partial charge on any atom is 0.127 e. The maximum absolute atomic E-state index is 13.0. The molecule has 23 heavy (non-hydrogen) atoms. The van der Waals surface area contributed by atoms with Gasteiger partial charge in [-0.2, -0.15) is 0 Å². The Morgan fingerprint density at radius 3 is 2.61 bits per heavy atom. The summed E-state index contributed by atoms with van der Waals surface area (Å²) < 4.78 is 14.8. The number of halogens is 1. The van der Waals surface area contributed by atoms with E-state index in [9.17, 15) is 9.50 Å². The highest BCUT2D eigenvalue weighted by molar-refractivity contribution is 5.51. The van der Waals surface area contributed by atoms with Crippen molar-refractivity contribution in [2.45, 2.75) is 12.1 Å². The van der Waals surface area contributed by atoms with Crippen molar-refractivity contribution in [1.82, 2.24) is 14.5 Å². The van der Waals surface area contributed by atoms with E-state index in [1.165, 1.54) is 12.1 Å². The molecule has 2 aromatic heterocycles. The molecule has 0 amide bonds. The molecule has 1 aromatic carbocycles. The van der Waals surface area contributed by atoms with Gasteiger partial charge in [-0.15, -0.1) is 0 Å². The molecule has 0 spiro atoms. The predicted molar refractivity (Wildman–Crippen MR) is 85.8 cm³/mol. The summed E-state index contributed by atoms with van der Waals surface area (Å²) in [7, 11) is 0. The largest absolute Gasteiger partial charge is 0.379 e. The van der Waals surface area contributed by atoms with Gasteiger partial charge in [0.2, 0.25) is 0 Å². The van der Waals surface area contributed by atoms with Crippen LogP contribution in [0.25, 0.3) is 6.08 Å². The van der Waals surface area contributed by atoms with Gasteiger partial charge in [-0.1, -0.05) is 24.3 Å². The summed E-state index contributed by atoms with van der Waals surface area (Å²) in [5, 5.41) is 11.1. The molecule has 4 nitrogen and oxygen atoms in total. The van der Waals surface area contributed by atoms with E-state index in [-0.39, 0.29) is 5.82 Å². The number of hydrogen-bond acceptors (Lipinski definition) is 3. The Morgan fingerprint density at radius 1 is 1.13 bits per heavy atom. The molecule has 1 unspecified atom stereocenters. The molecule has 0 radical (unpaired) electrons. The van der Waals surface area contributed by atoms with Crippen molar-refractivity contribution in [3.05, 3.63) is 90.5 Å². The number of benzene rings is 1. The minimum Gasteiger partial charge on any atom is -0.379 e. The molecule has 2 heterocycles. The number of nitrogens with zero attached hydrogens (tertiary/aromatic N) is 3. The summed E-state index contributed by atoms with van der Waals surface area (Å²) in [6.07, 6.45) is 11.8. The number of rotatable bonds is 5. The van der Waals surface area contributed by atoms with Gasteiger partial charge in [0.15, 0.2) is 0 Å². The molecule has 0 aliphatic rings. The summed E-state index contributed by atoms with van der Waals surface area (Å²) in [5.74, 6) is -0.289. The van der Waals surface area contributed by atoms with Crippen LogP contribution in [0.4, 0.5) is 4.39 Å². The van der Waals surface area contributed by atoms with Crippen LogP contribution < -0.4 is 0 Å². The Morgan fingerprint density at radius 2 is 1.96 bits per heavy atom. The van der Waals surface area contributed by atoms with Crippen LogP contribution in [-0.2, 0) is 12.1 Å². The van der Waals surface area contributed by atoms with Gasteiger partial charge in [-0.05, 0) is 29.8 Å². The van der Waals surface area contributed by atoms with Crippen molar-refractivity contribution in [3.8, 4) is 0 Å². The standard InChI is InChI=1S/C18H16FN3O/c19-17-5-3-15(4-6-17)7-8-18(23,13-22-11-10-21-14-22)16-2-1-9-20-12-16/h1-12,14,23H,13H2. The van der Waals surface area contributed by atoms with Crippen LogP contribution >= 0.6 is 0 Å². The molecule has 0 fully saturated rings. The first-order valence-electron chi connectivity index (χ1n) is 7.19. The van der Waals surface area contributed by atoms with Crippen molar-refractivity contribution < 1.29 is 9.50 Å². The molecule has 3 aromatic rings. The van der Waals surface area contributed by atoms with Gasteiger partial charge >= 0.3 is 0 Å². The second kappa shape index (κ2) is 6.54. The van der Waals surface area contributed by atoms with Crippen LogP contribution in [0.2, 0.25) is 0 Å².